The normalized spacial score (nSPS) is 30.2. The first-order chi connectivity index (χ1) is 9.43. The van der Waals surface area contributed by atoms with Crippen molar-refractivity contribution in [1.82, 2.24) is 13.5 Å². The van der Waals surface area contributed by atoms with Crippen molar-refractivity contribution in [2.75, 3.05) is 53.4 Å². The summed E-state index contributed by atoms with van der Waals surface area (Å²) in [5.74, 6) is 0.516. The number of likely N-dealkylation sites (tertiary alicyclic amines) is 1. The molecule has 0 bridgehead atoms. The molecule has 2 rings (SSSR count). The summed E-state index contributed by atoms with van der Waals surface area (Å²) in [7, 11) is 0.378. The average Bonchev–Trinajstić information content (AvgIpc) is 2.84. The van der Waals surface area contributed by atoms with Crippen LogP contribution in [0, 0.1) is 11.8 Å². The fraction of sp³-hybridized carbons (Fsp3) is 1.00. The van der Waals surface area contributed by atoms with Crippen molar-refractivity contribution < 1.29 is 13.5 Å². The Morgan fingerprint density at radius 2 is 1.95 bits per heavy atom. The van der Waals surface area contributed by atoms with Crippen molar-refractivity contribution in [2.24, 2.45) is 11.8 Å². The van der Waals surface area contributed by atoms with Gasteiger partial charge in [-0.15, -0.1) is 0 Å². The highest BCUT2D eigenvalue weighted by Crippen LogP contribution is 2.22. The largest absolute Gasteiger partial charge is 0.396 e. The van der Waals surface area contributed by atoms with Gasteiger partial charge in [0.15, 0.2) is 0 Å². The molecular formula is C13H27N3O3S. The molecule has 0 radical (unpaired) electrons. The van der Waals surface area contributed by atoms with Crippen molar-refractivity contribution in [3.63, 3.8) is 0 Å². The van der Waals surface area contributed by atoms with Crippen LogP contribution in [0.5, 0.6) is 0 Å². The molecule has 2 unspecified atom stereocenters. The van der Waals surface area contributed by atoms with Crippen molar-refractivity contribution in [3.05, 3.63) is 0 Å². The zero-order valence-electron chi connectivity index (χ0n) is 12.5. The number of aliphatic hydroxyl groups is 1. The van der Waals surface area contributed by atoms with Gasteiger partial charge in [0.1, 0.15) is 0 Å². The summed E-state index contributed by atoms with van der Waals surface area (Å²) in [4.78, 5) is 2.24. The summed E-state index contributed by atoms with van der Waals surface area (Å²) in [6.07, 6.45) is 2.82. The minimum absolute atomic E-state index is 0.0726. The van der Waals surface area contributed by atoms with Crippen LogP contribution >= 0.6 is 0 Å². The van der Waals surface area contributed by atoms with Gasteiger partial charge in [0.2, 0.25) is 0 Å². The van der Waals surface area contributed by atoms with Gasteiger partial charge in [0.25, 0.3) is 10.2 Å². The Morgan fingerprint density at radius 1 is 1.20 bits per heavy atom. The SMILES string of the molecule is CN1CCC(CN(C)S(=O)(=O)N2CCCC(CO)C2)C1. The highest BCUT2D eigenvalue weighted by Gasteiger charge is 2.33. The van der Waals surface area contributed by atoms with Crippen LogP contribution in [0.4, 0.5) is 0 Å². The van der Waals surface area contributed by atoms with E-state index in [2.05, 4.69) is 11.9 Å². The highest BCUT2D eigenvalue weighted by atomic mass is 32.2. The van der Waals surface area contributed by atoms with E-state index in [1.54, 1.807) is 7.05 Å². The Morgan fingerprint density at radius 3 is 2.55 bits per heavy atom. The Kier molecular flexibility index (Phi) is 5.42. The van der Waals surface area contributed by atoms with Gasteiger partial charge < -0.3 is 10.0 Å². The number of rotatable bonds is 5. The zero-order chi connectivity index (χ0) is 14.8. The second-order valence-electron chi connectivity index (χ2n) is 6.25. The number of hydrogen-bond acceptors (Lipinski definition) is 4. The maximum Gasteiger partial charge on any atom is 0.281 e. The van der Waals surface area contributed by atoms with Gasteiger partial charge in [0, 0.05) is 39.8 Å². The van der Waals surface area contributed by atoms with E-state index in [1.165, 1.54) is 8.61 Å². The first kappa shape index (κ1) is 16.2. The van der Waals surface area contributed by atoms with Crippen LogP contribution < -0.4 is 0 Å². The van der Waals surface area contributed by atoms with E-state index in [1.807, 2.05) is 0 Å². The second-order valence-corrected chi connectivity index (χ2v) is 8.29. The van der Waals surface area contributed by atoms with Crippen LogP contribution in [-0.2, 0) is 10.2 Å². The van der Waals surface area contributed by atoms with E-state index in [0.29, 0.717) is 25.6 Å². The molecule has 0 spiro atoms. The van der Waals surface area contributed by atoms with E-state index in [0.717, 1.165) is 32.4 Å². The Hall–Kier alpha value is -0.210. The van der Waals surface area contributed by atoms with Crippen molar-refractivity contribution in [2.45, 2.75) is 19.3 Å². The van der Waals surface area contributed by atoms with Crippen LogP contribution in [0.1, 0.15) is 19.3 Å². The van der Waals surface area contributed by atoms with E-state index in [-0.39, 0.29) is 12.5 Å². The smallest absolute Gasteiger partial charge is 0.281 e. The third-order valence-electron chi connectivity index (χ3n) is 4.46. The third kappa shape index (κ3) is 3.71. The van der Waals surface area contributed by atoms with Gasteiger partial charge in [-0.3, -0.25) is 0 Å². The lowest BCUT2D eigenvalue weighted by Gasteiger charge is -2.34. The van der Waals surface area contributed by atoms with Crippen molar-refractivity contribution in [1.29, 1.82) is 0 Å². The molecular weight excluding hydrogens is 278 g/mol. The Bertz CT molecular complexity index is 415. The van der Waals surface area contributed by atoms with Gasteiger partial charge in [-0.05, 0) is 44.7 Å². The standard InChI is InChI=1S/C13H27N3O3S/c1-14-7-5-12(8-14)9-15(2)20(18,19)16-6-3-4-13(10-16)11-17/h12-13,17H,3-11H2,1-2H3. The van der Waals surface area contributed by atoms with Gasteiger partial charge in [-0.1, -0.05) is 0 Å². The summed E-state index contributed by atoms with van der Waals surface area (Å²) < 4.78 is 28.2. The minimum atomic E-state index is -3.37. The molecule has 0 amide bonds. The molecule has 118 valence electrons. The lowest BCUT2D eigenvalue weighted by molar-refractivity contribution is 0.161. The molecule has 20 heavy (non-hydrogen) atoms. The molecule has 2 saturated heterocycles. The van der Waals surface area contributed by atoms with E-state index >= 15 is 0 Å². The number of piperidine rings is 1. The maximum atomic E-state index is 12.6. The fourth-order valence-corrected chi connectivity index (χ4v) is 4.77. The molecule has 6 nitrogen and oxygen atoms in total. The predicted octanol–water partition coefficient (Wildman–Crippen LogP) is -0.181. The number of aliphatic hydroxyl groups excluding tert-OH is 1. The molecule has 2 fully saturated rings. The first-order valence-corrected chi connectivity index (χ1v) is 8.84. The molecule has 0 aromatic carbocycles. The Balaban J connectivity index is 1.94. The average molecular weight is 305 g/mol. The highest BCUT2D eigenvalue weighted by molar-refractivity contribution is 7.86. The van der Waals surface area contributed by atoms with E-state index in [9.17, 15) is 13.5 Å². The summed E-state index contributed by atoms with van der Waals surface area (Å²) in [6, 6.07) is 0. The first-order valence-electron chi connectivity index (χ1n) is 7.44. The molecule has 0 saturated carbocycles. The Labute approximate surface area is 122 Å². The van der Waals surface area contributed by atoms with Crippen LogP contribution in [0.15, 0.2) is 0 Å². The fourth-order valence-electron chi connectivity index (χ4n) is 3.22. The van der Waals surface area contributed by atoms with Crippen LogP contribution in [0.2, 0.25) is 0 Å². The predicted molar refractivity (Wildman–Crippen MR) is 78.5 cm³/mol. The van der Waals surface area contributed by atoms with Gasteiger partial charge in [0.05, 0.1) is 0 Å². The molecule has 0 aromatic heterocycles. The molecule has 1 N–H and O–H groups in total. The van der Waals surface area contributed by atoms with Crippen molar-refractivity contribution in [3.8, 4) is 0 Å². The quantitative estimate of drug-likeness (QED) is 0.765. The topological polar surface area (TPSA) is 64.1 Å². The monoisotopic (exact) mass is 305 g/mol. The molecule has 2 heterocycles. The lowest BCUT2D eigenvalue weighted by Crippen LogP contribution is -2.48. The molecule has 0 aliphatic carbocycles. The molecule has 0 aromatic rings. The van der Waals surface area contributed by atoms with Crippen LogP contribution in [-0.4, -0.2) is 80.5 Å². The molecule has 2 aliphatic heterocycles. The van der Waals surface area contributed by atoms with Crippen LogP contribution in [0.25, 0.3) is 0 Å². The second kappa shape index (κ2) is 6.70. The minimum Gasteiger partial charge on any atom is -0.396 e. The maximum absolute atomic E-state index is 12.6. The van der Waals surface area contributed by atoms with Gasteiger partial charge in [-0.25, -0.2) is 0 Å². The van der Waals surface area contributed by atoms with Crippen LogP contribution in [0.3, 0.4) is 0 Å². The molecule has 2 aliphatic rings. The van der Waals surface area contributed by atoms with Crippen molar-refractivity contribution >= 4 is 10.2 Å². The van der Waals surface area contributed by atoms with E-state index in [4.69, 9.17) is 0 Å². The third-order valence-corrected chi connectivity index (χ3v) is 6.39. The summed E-state index contributed by atoms with van der Waals surface area (Å²) in [6.45, 7) is 3.71. The lowest BCUT2D eigenvalue weighted by atomic mass is 10.0. The number of nitrogens with zero attached hydrogens (tertiary/aromatic N) is 3. The van der Waals surface area contributed by atoms with Gasteiger partial charge in [-0.2, -0.15) is 17.0 Å². The molecule has 2 atom stereocenters. The summed E-state index contributed by atoms with van der Waals surface area (Å²) >= 11 is 0. The molecule has 7 heteroatoms. The van der Waals surface area contributed by atoms with Gasteiger partial charge >= 0.3 is 0 Å². The number of hydrogen-bond donors (Lipinski definition) is 1. The zero-order valence-corrected chi connectivity index (χ0v) is 13.3. The summed E-state index contributed by atoms with van der Waals surface area (Å²) in [5.41, 5.74) is 0. The summed E-state index contributed by atoms with van der Waals surface area (Å²) in [5, 5.41) is 9.23. The van der Waals surface area contributed by atoms with E-state index < -0.39 is 10.2 Å².